The SMILES string of the molecule is CC[C@@H]1C=C(C)C[C@H](C)C[C@H](OC)[C@H]2O[C@@](O)(C(=O)C(=O)N3CCCC[C@H]3C(=O)O[C@H]([C@@H](C)[C@H](O)/C(C)=C/[C@@H]3CC[C@H](Cl)[C@H](OC)C3)CC1=O)[C@H](C)C[C@@H]2OC. The quantitative estimate of drug-likeness (QED) is 0.134. The molecule has 2 bridgehead atoms. The summed E-state index contributed by atoms with van der Waals surface area (Å²) in [6, 6.07) is -1.14. The van der Waals surface area contributed by atoms with Gasteiger partial charge in [0.15, 0.2) is 0 Å². The van der Waals surface area contributed by atoms with Crippen LogP contribution in [0, 0.1) is 29.6 Å². The van der Waals surface area contributed by atoms with Crippen LogP contribution in [0.5, 0.6) is 0 Å². The first-order valence-electron chi connectivity index (χ1n) is 20.7. The number of Topliss-reactive ketones (excluding diaryl/α,β-unsaturated/α-hetero) is 2. The van der Waals surface area contributed by atoms with Gasteiger partial charge in [-0.3, -0.25) is 14.4 Å². The van der Waals surface area contributed by atoms with Gasteiger partial charge in [-0.2, -0.15) is 0 Å². The Morgan fingerprint density at radius 3 is 2.30 bits per heavy atom. The van der Waals surface area contributed by atoms with Crippen molar-refractivity contribution < 1.29 is 53.1 Å². The fourth-order valence-corrected chi connectivity index (χ4v) is 9.66. The number of esters is 1. The van der Waals surface area contributed by atoms with Gasteiger partial charge in [-0.15, -0.1) is 11.6 Å². The molecular weight excluding hydrogens is 742 g/mol. The Labute approximate surface area is 339 Å². The largest absolute Gasteiger partial charge is 0.460 e. The van der Waals surface area contributed by atoms with E-state index >= 15 is 0 Å². The first kappa shape index (κ1) is 46.5. The van der Waals surface area contributed by atoms with E-state index in [2.05, 4.69) is 6.92 Å². The topological polar surface area (TPSA) is 158 Å². The number of fused-ring (bicyclic) bond motifs is 3. The molecule has 2 N–H and O–H groups in total. The van der Waals surface area contributed by atoms with Crippen molar-refractivity contribution in [3.8, 4) is 0 Å². The number of carbonyl (C=O) groups is 4. The van der Waals surface area contributed by atoms with Crippen LogP contribution in [-0.2, 0) is 42.9 Å². The average Bonchev–Trinajstić information content (AvgIpc) is 3.18. The van der Waals surface area contributed by atoms with Crippen molar-refractivity contribution in [3.63, 3.8) is 0 Å². The lowest BCUT2D eigenvalue weighted by molar-refractivity contribution is -0.302. The predicted octanol–water partition coefficient (Wildman–Crippen LogP) is 5.72. The molecule has 0 unspecified atom stereocenters. The van der Waals surface area contributed by atoms with E-state index in [1.807, 2.05) is 32.9 Å². The molecule has 4 rings (SSSR count). The Hall–Kier alpha value is -2.19. The molecule has 3 aliphatic heterocycles. The van der Waals surface area contributed by atoms with Crippen molar-refractivity contribution in [1.82, 2.24) is 4.90 Å². The standard InChI is InChI=1S/C43H68ClNO11/c1-10-30-18-24(2)17-25(3)19-36(53-8)39-37(54-9)21-27(5)43(51,56-39)40(48)41(49)45-16-12-11-13-32(45)42(50)55-34(23-33(30)46)28(6)38(47)26(4)20-29-14-15-31(44)35(22-29)52-7/h18,20,25,27-32,34-39,47,51H,10-17,19,21-23H2,1-9H3/b24-18?,26-20+/t25-,27+,28+,29-,30+,31-,32-,34-,35+,36-,37-,38+,39+,43+/m0/s1. The number of ether oxygens (including phenoxy) is 5. The van der Waals surface area contributed by atoms with Crippen molar-refractivity contribution in [1.29, 1.82) is 0 Å². The van der Waals surface area contributed by atoms with Crippen LogP contribution in [0.25, 0.3) is 0 Å². The van der Waals surface area contributed by atoms with Crippen LogP contribution in [-0.4, -0.2) is 120 Å². The number of methoxy groups -OCH3 is 3. The van der Waals surface area contributed by atoms with E-state index < -0.39 is 77.8 Å². The number of rotatable bonds is 8. The molecule has 318 valence electrons. The lowest BCUT2D eigenvalue weighted by atomic mass is 9.82. The van der Waals surface area contributed by atoms with Gasteiger partial charge < -0.3 is 38.8 Å². The minimum absolute atomic E-state index is 0.0446. The molecule has 56 heavy (non-hydrogen) atoms. The zero-order valence-corrected chi connectivity index (χ0v) is 35.8. The third kappa shape index (κ3) is 10.9. The van der Waals surface area contributed by atoms with Crippen LogP contribution in [0.2, 0.25) is 0 Å². The monoisotopic (exact) mass is 809 g/mol. The molecule has 12 nitrogen and oxygen atoms in total. The third-order valence-electron chi connectivity index (χ3n) is 12.9. The van der Waals surface area contributed by atoms with Gasteiger partial charge in [0, 0.05) is 52.0 Å². The summed E-state index contributed by atoms with van der Waals surface area (Å²) < 4.78 is 29.7. The molecule has 0 aromatic carbocycles. The highest BCUT2D eigenvalue weighted by Crippen LogP contribution is 2.39. The smallest absolute Gasteiger partial charge is 0.329 e. The van der Waals surface area contributed by atoms with Gasteiger partial charge in [0.2, 0.25) is 5.79 Å². The Morgan fingerprint density at radius 2 is 1.66 bits per heavy atom. The molecule has 14 atom stereocenters. The summed E-state index contributed by atoms with van der Waals surface area (Å²) in [5.41, 5.74) is 1.70. The van der Waals surface area contributed by atoms with Crippen LogP contribution in [0.3, 0.4) is 0 Å². The zero-order valence-electron chi connectivity index (χ0n) is 35.0. The van der Waals surface area contributed by atoms with Crippen LogP contribution in [0.1, 0.15) is 112 Å². The number of alkyl halides is 1. The van der Waals surface area contributed by atoms with E-state index in [0.717, 1.165) is 18.4 Å². The molecule has 0 radical (unpaired) electrons. The number of hydrogen-bond donors (Lipinski definition) is 2. The summed E-state index contributed by atoms with van der Waals surface area (Å²) in [5.74, 6) is -7.35. The van der Waals surface area contributed by atoms with E-state index in [4.69, 9.17) is 35.3 Å². The Balaban J connectivity index is 1.72. The number of allylic oxidation sites excluding steroid dienone is 3. The van der Waals surface area contributed by atoms with Gasteiger partial charge >= 0.3 is 5.97 Å². The number of nitrogens with zero attached hydrogens (tertiary/aromatic N) is 1. The molecule has 13 heteroatoms. The van der Waals surface area contributed by atoms with Gasteiger partial charge in [0.1, 0.15) is 24.0 Å². The molecular formula is C43H68ClNO11. The maximum Gasteiger partial charge on any atom is 0.329 e. The molecule has 0 spiro atoms. The van der Waals surface area contributed by atoms with E-state index in [1.165, 1.54) is 12.0 Å². The minimum atomic E-state index is -2.49. The molecule has 3 heterocycles. The summed E-state index contributed by atoms with van der Waals surface area (Å²) >= 11 is 6.47. The Kier molecular flexibility index (Phi) is 17.2. The lowest BCUT2D eigenvalue weighted by Crippen LogP contribution is -2.64. The van der Waals surface area contributed by atoms with Gasteiger partial charge in [-0.05, 0) is 95.5 Å². The Bertz CT molecular complexity index is 1440. The van der Waals surface area contributed by atoms with Crippen LogP contribution in [0.15, 0.2) is 23.3 Å². The van der Waals surface area contributed by atoms with Crippen molar-refractivity contribution in [2.45, 2.75) is 166 Å². The fourth-order valence-electron chi connectivity index (χ4n) is 9.33. The maximum absolute atomic E-state index is 14.2. The normalized spacial score (nSPS) is 38.7. The highest BCUT2D eigenvalue weighted by molar-refractivity contribution is 6.39. The van der Waals surface area contributed by atoms with Crippen molar-refractivity contribution in [2.24, 2.45) is 29.6 Å². The van der Waals surface area contributed by atoms with Gasteiger partial charge in [-0.1, -0.05) is 45.4 Å². The second kappa shape index (κ2) is 20.7. The van der Waals surface area contributed by atoms with E-state index in [9.17, 15) is 29.4 Å². The molecule has 3 fully saturated rings. The number of halogens is 1. The average molecular weight is 810 g/mol. The zero-order chi connectivity index (χ0) is 41.5. The second-order valence-electron chi connectivity index (χ2n) is 17.1. The van der Waals surface area contributed by atoms with Gasteiger partial charge in [-0.25, -0.2) is 4.79 Å². The minimum Gasteiger partial charge on any atom is -0.460 e. The highest BCUT2D eigenvalue weighted by atomic mass is 35.5. The number of amides is 1. The molecule has 1 aliphatic carbocycles. The molecule has 0 aromatic heterocycles. The highest BCUT2D eigenvalue weighted by Gasteiger charge is 2.56. The number of aliphatic hydroxyl groups is 2. The molecule has 4 aliphatic rings. The van der Waals surface area contributed by atoms with E-state index in [-0.39, 0.29) is 54.9 Å². The number of piperidine rings is 1. The van der Waals surface area contributed by atoms with Crippen molar-refractivity contribution in [3.05, 3.63) is 23.3 Å². The molecule has 2 saturated heterocycles. The fraction of sp³-hybridized carbons (Fsp3) is 0.814. The van der Waals surface area contributed by atoms with Crippen LogP contribution < -0.4 is 0 Å². The number of cyclic esters (lactones) is 1. The summed E-state index contributed by atoms with van der Waals surface area (Å²) in [7, 11) is 4.73. The predicted molar refractivity (Wildman–Crippen MR) is 212 cm³/mol. The lowest BCUT2D eigenvalue weighted by Gasteiger charge is -2.47. The number of aliphatic hydroxyl groups excluding tert-OH is 1. The molecule has 1 amide bonds. The van der Waals surface area contributed by atoms with Crippen LogP contribution >= 0.6 is 11.6 Å². The summed E-state index contributed by atoms with van der Waals surface area (Å²) in [4.78, 5) is 57.8. The van der Waals surface area contributed by atoms with Gasteiger partial charge in [0.05, 0.1) is 29.8 Å². The van der Waals surface area contributed by atoms with Crippen molar-refractivity contribution in [2.75, 3.05) is 27.9 Å². The first-order valence-corrected chi connectivity index (χ1v) is 21.2. The number of hydrogen-bond acceptors (Lipinski definition) is 11. The van der Waals surface area contributed by atoms with E-state index in [1.54, 1.807) is 28.1 Å². The summed E-state index contributed by atoms with van der Waals surface area (Å²) in [5, 5.41) is 23.6. The van der Waals surface area contributed by atoms with Gasteiger partial charge in [0.25, 0.3) is 11.7 Å². The number of ketones is 2. The number of carbonyl (C=O) groups excluding carboxylic acids is 4. The third-order valence-corrected chi connectivity index (χ3v) is 13.4. The van der Waals surface area contributed by atoms with Crippen molar-refractivity contribution >= 4 is 35.0 Å². The summed E-state index contributed by atoms with van der Waals surface area (Å²) in [6.45, 7) is 11.3. The molecule has 0 aromatic rings. The second-order valence-corrected chi connectivity index (χ2v) is 17.7. The first-order chi connectivity index (χ1) is 26.5. The summed E-state index contributed by atoms with van der Waals surface area (Å²) in [6.07, 6.45) is 5.30. The Morgan fingerprint density at radius 1 is 1.00 bits per heavy atom. The van der Waals surface area contributed by atoms with E-state index in [0.29, 0.717) is 44.1 Å². The maximum atomic E-state index is 14.2. The molecule has 1 saturated carbocycles. The van der Waals surface area contributed by atoms with Crippen LogP contribution in [0.4, 0.5) is 0 Å².